The Kier molecular flexibility index (Phi) is 41.6. The van der Waals surface area contributed by atoms with Gasteiger partial charge >= 0.3 is 0 Å². The number of hydrogen-bond acceptors (Lipinski definition) is 30. The number of hydrogen-bond donors (Lipinski definition) is 15. The van der Waals surface area contributed by atoms with Crippen molar-refractivity contribution in [3.8, 4) is 0 Å². The fourth-order valence-electron chi connectivity index (χ4n) is 10.7. The molecule has 4 aliphatic heterocycles. The average molecular weight is 1420 g/mol. The summed E-state index contributed by atoms with van der Waals surface area (Å²) in [5, 5.41) is 107. The van der Waals surface area contributed by atoms with E-state index >= 15 is 0 Å². The zero-order chi connectivity index (χ0) is 72.0. The second kappa shape index (κ2) is 47.5. The minimum Gasteiger partial charge on any atom is -0.394 e. The summed E-state index contributed by atoms with van der Waals surface area (Å²) < 4.78 is 80.8. The van der Waals surface area contributed by atoms with Crippen molar-refractivity contribution in [2.75, 3.05) is 165 Å². The molecule has 15 atom stereocenters. The van der Waals surface area contributed by atoms with Crippen molar-refractivity contribution in [1.82, 2.24) is 36.8 Å². The van der Waals surface area contributed by atoms with Gasteiger partial charge in [0.1, 0.15) is 73.1 Å². The fraction of sp³-hybridized carbons (Fsp3) is 0.885. The minimum atomic E-state index is -1.49. The summed E-state index contributed by atoms with van der Waals surface area (Å²) in [7, 11) is 0. The summed E-state index contributed by atoms with van der Waals surface area (Å²) in [5.41, 5.74) is -1.15. The number of rotatable bonds is 49. The Morgan fingerprint density at radius 3 is 1.02 bits per heavy atom. The first-order chi connectivity index (χ1) is 46.9. The molecule has 15 N–H and O–H groups in total. The van der Waals surface area contributed by atoms with Crippen LogP contribution in [0.25, 0.3) is 0 Å². The Balaban J connectivity index is 1.32. The summed E-state index contributed by atoms with van der Waals surface area (Å²) >= 11 is 0. The molecule has 4 saturated heterocycles. The maximum atomic E-state index is 13.4. The van der Waals surface area contributed by atoms with E-state index < -0.39 is 153 Å². The van der Waals surface area contributed by atoms with Crippen molar-refractivity contribution in [3.05, 3.63) is 0 Å². The number of aliphatic hydroxyl groups excluding tert-OH is 9. The van der Waals surface area contributed by atoms with Gasteiger partial charge in [-0.05, 0) is 26.7 Å². The summed E-state index contributed by atoms with van der Waals surface area (Å²) in [6, 6.07) is -3.39. The van der Waals surface area contributed by atoms with E-state index in [-0.39, 0.29) is 176 Å². The lowest BCUT2D eigenvalue weighted by Crippen LogP contribution is -2.64. The highest BCUT2D eigenvalue weighted by atomic mass is 16.7. The molecule has 0 aliphatic carbocycles. The van der Waals surface area contributed by atoms with Crippen LogP contribution in [0.15, 0.2) is 0 Å². The van der Waals surface area contributed by atoms with E-state index in [2.05, 4.69) is 31.9 Å². The molecular formula is C61H109N7O30. The van der Waals surface area contributed by atoms with Gasteiger partial charge in [0.25, 0.3) is 0 Å². The third-order valence-electron chi connectivity index (χ3n) is 15.8. The van der Waals surface area contributed by atoms with Gasteiger partial charge in [-0.3, -0.25) is 33.6 Å². The molecule has 15 unspecified atom stereocenters. The maximum absolute atomic E-state index is 13.4. The van der Waals surface area contributed by atoms with Gasteiger partial charge in [0, 0.05) is 72.8 Å². The molecular weight excluding hydrogens is 1310 g/mol. The van der Waals surface area contributed by atoms with Gasteiger partial charge in [-0.25, -0.2) is 0 Å². The molecule has 0 aromatic heterocycles. The molecule has 0 aromatic rings. The van der Waals surface area contributed by atoms with E-state index in [0.29, 0.717) is 25.9 Å². The van der Waals surface area contributed by atoms with Crippen LogP contribution < -0.4 is 31.9 Å². The molecule has 4 heterocycles. The van der Waals surface area contributed by atoms with Crippen LogP contribution in [-0.4, -0.2) is 361 Å². The van der Waals surface area contributed by atoms with Crippen molar-refractivity contribution >= 4 is 41.4 Å². The predicted molar refractivity (Wildman–Crippen MR) is 335 cm³/mol. The average Bonchev–Trinajstić information content (AvgIpc) is 0.827. The highest BCUT2D eigenvalue weighted by Crippen LogP contribution is 2.26. The highest BCUT2D eigenvalue weighted by molar-refractivity contribution is 5.77. The molecule has 0 bridgehead atoms. The van der Waals surface area contributed by atoms with Gasteiger partial charge in [-0.1, -0.05) is 0 Å². The zero-order valence-electron chi connectivity index (χ0n) is 56.8. The van der Waals surface area contributed by atoms with Crippen molar-refractivity contribution < 1.29 is 146 Å². The quantitative estimate of drug-likeness (QED) is 0.0252. The van der Waals surface area contributed by atoms with Crippen LogP contribution in [0.4, 0.5) is 0 Å². The third kappa shape index (κ3) is 31.7. The second-order valence-corrected chi connectivity index (χ2v) is 24.3. The number of nitrogens with zero attached hydrogens (tertiary/aromatic N) is 1. The molecule has 0 radical (unpaired) electrons. The molecule has 568 valence electrons. The van der Waals surface area contributed by atoms with Crippen LogP contribution in [0.3, 0.4) is 0 Å². The van der Waals surface area contributed by atoms with E-state index in [1.807, 2.05) is 13.8 Å². The van der Waals surface area contributed by atoms with Crippen LogP contribution in [-0.2, 0) is 99.9 Å². The van der Waals surface area contributed by atoms with Crippen molar-refractivity contribution in [3.63, 3.8) is 0 Å². The number of amides is 7. The lowest BCUT2D eigenvalue weighted by Gasteiger charge is -2.42. The molecule has 7 amide bonds. The van der Waals surface area contributed by atoms with Gasteiger partial charge in [-0.15, -0.1) is 0 Å². The number of carbonyl (C=O) groups excluding carboxylic acids is 7. The van der Waals surface area contributed by atoms with Crippen LogP contribution in [0.1, 0.15) is 73.1 Å². The summed E-state index contributed by atoms with van der Waals surface area (Å²) in [6.45, 7) is 6.28. The Bertz CT molecular complexity index is 2100. The van der Waals surface area contributed by atoms with Crippen LogP contribution >= 0.6 is 0 Å². The molecule has 0 saturated carbocycles. The first-order valence-electron chi connectivity index (χ1n) is 33.2. The van der Waals surface area contributed by atoms with Crippen LogP contribution in [0.2, 0.25) is 0 Å². The van der Waals surface area contributed by atoms with Gasteiger partial charge in [0.05, 0.1) is 156 Å². The van der Waals surface area contributed by atoms with Gasteiger partial charge < -0.3 is 149 Å². The molecule has 0 aromatic carbocycles. The number of carbonyl (C=O) groups is 7. The van der Waals surface area contributed by atoms with Crippen molar-refractivity contribution in [1.29, 1.82) is 0 Å². The maximum Gasteiger partial charge on any atom is 0.224 e. The van der Waals surface area contributed by atoms with E-state index in [4.69, 9.17) is 66.3 Å². The molecule has 4 rings (SSSR count). The number of likely N-dealkylation sites (tertiary alicyclic amines) is 1. The van der Waals surface area contributed by atoms with Crippen molar-refractivity contribution in [2.24, 2.45) is 5.41 Å². The molecule has 37 heteroatoms. The van der Waals surface area contributed by atoms with Gasteiger partial charge in [-0.2, -0.15) is 0 Å². The third-order valence-corrected chi connectivity index (χ3v) is 15.8. The number of aliphatic hydroxyl groups is 9. The summed E-state index contributed by atoms with van der Waals surface area (Å²) in [6.07, 6.45) is -14.8. The molecule has 37 nitrogen and oxygen atoms in total. The molecule has 98 heavy (non-hydrogen) atoms. The summed E-state index contributed by atoms with van der Waals surface area (Å²) in [4.78, 5) is 89.4. The monoisotopic (exact) mass is 1420 g/mol. The highest BCUT2D eigenvalue weighted by Gasteiger charge is 2.48. The van der Waals surface area contributed by atoms with Crippen molar-refractivity contribution in [2.45, 2.75) is 177 Å². The fourth-order valence-corrected chi connectivity index (χ4v) is 10.7. The zero-order valence-corrected chi connectivity index (χ0v) is 56.8. The first-order valence-corrected chi connectivity index (χ1v) is 33.2. The topological polar surface area (TPSA) is 506 Å². The lowest BCUT2D eigenvalue weighted by molar-refractivity contribution is -0.272. The first kappa shape index (κ1) is 85.8. The Hall–Kier alpha value is -4.63. The smallest absolute Gasteiger partial charge is 0.224 e. The van der Waals surface area contributed by atoms with Crippen LogP contribution in [0.5, 0.6) is 0 Å². The molecule has 0 spiro atoms. The number of piperidine rings is 1. The molecule has 4 fully saturated rings. The Labute approximate surface area is 570 Å². The predicted octanol–water partition coefficient (Wildman–Crippen LogP) is -7.71. The van der Waals surface area contributed by atoms with Gasteiger partial charge in [0.15, 0.2) is 18.9 Å². The molecule has 4 aliphatic rings. The SMILES string of the molecule is CC(=O)NC1C(OCCOCCNC(=O)CCOCC(COCCC(=O)NCCOCCOC2OC(CO)C(O)C(O)C2NC(C)=O)(COCCC(=O)NCCOCCOC2OC(CO)C(O)C(O)C2NC(C)=O)COCCC(=O)N2CCC(OC(C)C)CC2)OC(CO)C(O)C1O. The van der Waals surface area contributed by atoms with E-state index in [1.165, 1.54) is 20.8 Å². The van der Waals surface area contributed by atoms with Crippen LogP contribution in [0, 0.1) is 5.41 Å². The van der Waals surface area contributed by atoms with E-state index in [9.17, 15) is 79.5 Å². The minimum absolute atomic E-state index is 0.00296. The van der Waals surface area contributed by atoms with E-state index in [1.54, 1.807) is 4.90 Å². The summed E-state index contributed by atoms with van der Waals surface area (Å²) in [5.74, 6) is -2.81. The van der Waals surface area contributed by atoms with E-state index in [0.717, 1.165) is 0 Å². The Morgan fingerprint density at radius 2 is 0.735 bits per heavy atom. The normalized spacial score (nSPS) is 27.4. The second-order valence-electron chi connectivity index (χ2n) is 24.3. The Morgan fingerprint density at radius 1 is 0.429 bits per heavy atom. The standard InChI is InChI=1S/C61H109N7O30/c1-37(2)95-41-6-15-68(16-7-41)48(78)11-20-91-36-61(33-88-17-8-45(75)62-12-21-85-24-27-92-58-49(65-38(3)72)55(82)52(79)42(30-69)96-58,34-89-18-9-46(76)63-13-22-86-25-28-93-59-50(66-39(4)73)56(83)53(80)43(31-70)97-59)35-90-19-10-47(77)64-14-23-87-26-29-94-60-51(67-40(5)74)57(84)54(81)44(32-71)98-60/h37,41-44,49-60,69-71,79-84H,6-36H2,1-5H3,(H,62,75)(H,63,76)(H,64,77)(H,65,72)(H,66,73)(H,67,74). The largest absolute Gasteiger partial charge is 0.394 e. The number of ether oxygens (including phenoxy) is 14. The lowest BCUT2D eigenvalue weighted by atomic mass is 9.92. The number of nitrogens with one attached hydrogen (secondary N) is 6. The van der Waals surface area contributed by atoms with Gasteiger partial charge in [0.2, 0.25) is 41.4 Å².